The van der Waals surface area contributed by atoms with Crippen LogP contribution in [0.2, 0.25) is 0 Å². The van der Waals surface area contributed by atoms with Crippen LogP contribution in [0, 0.1) is 13.8 Å². The van der Waals surface area contributed by atoms with Crippen LogP contribution in [0.3, 0.4) is 0 Å². The lowest BCUT2D eigenvalue weighted by atomic mass is 9.96. The van der Waals surface area contributed by atoms with Crippen LogP contribution in [-0.4, -0.2) is 31.6 Å². The molecule has 0 bridgehead atoms. The van der Waals surface area contributed by atoms with E-state index in [2.05, 4.69) is 20.7 Å². The molecular weight excluding hydrogens is 521 g/mol. The summed E-state index contributed by atoms with van der Waals surface area (Å²) in [4.78, 5) is 13.3. The van der Waals surface area contributed by atoms with Crippen LogP contribution in [0.5, 0.6) is 0 Å². The van der Waals surface area contributed by atoms with Crippen molar-refractivity contribution >= 4 is 42.6 Å². The number of rotatable bonds is 8. The fourth-order valence-corrected chi connectivity index (χ4v) is 5.04. The van der Waals surface area contributed by atoms with E-state index in [9.17, 15) is 26.4 Å². The number of Topliss-reactive ketones (excluding diaryl/α,β-unsaturated/α-hetero) is 1. The second-order valence-corrected chi connectivity index (χ2v) is 10.6. The molecule has 3 rings (SSSR count). The average Bonchev–Trinajstić information content (AvgIpc) is 2.99. The van der Waals surface area contributed by atoms with Crippen molar-refractivity contribution < 1.29 is 26.4 Å². The molecule has 10 heteroatoms. The lowest BCUT2D eigenvalue weighted by Crippen LogP contribution is -2.24. The summed E-state index contributed by atoms with van der Waals surface area (Å²) in [6, 6.07) is 8.75. The zero-order valence-electron chi connectivity index (χ0n) is 18.4. The minimum absolute atomic E-state index is 0.0705. The standard InChI is InChI=1S/C23H24BrF3N2O3S/c1-14-9-10-17-20(19(30)13-16-7-4-5-8-18(16)23(25,26)27)15(2)29(22(17)21(14)24)12-6-11-28-33(3,31)32/h4-5,7-10,28H,6,11-13H2,1-3H3. The Labute approximate surface area is 199 Å². The molecule has 0 saturated carbocycles. The zero-order valence-corrected chi connectivity index (χ0v) is 20.8. The summed E-state index contributed by atoms with van der Waals surface area (Å²) in [7, 11) is -3.32. The van der Waals surface area contributed by atoms with Crippen molar-refractivity contribution in [3.05, 3.63) is 68.8 Å². The first kappa shape index (κ1) is 25.5. The van der Waals surface area contributed by atoms with Gasteiger partial charge in [0.1, 0.15) is 0 Å². The Balaban J connectivity index is 2.03. The topological polar surface area (TPSA) is 68.2 Å². The normalized spacial score (nSPS) is 12.5. The number of ketones is 1. The largest absolute Gasteiger partial charge is 0.416 e. The number of alkyl halides is 3. The number of sulfonamides is 1. The Morgan fingerprint density at radius 1 is 1.12 bits per heavy atom. The summed E-state index contributed by atoms with van der Waals surface area (Å²) in [5.74, 6) is -0.405. The Bertz CT molecular complexity index is 1310. The van der Waals surface area contributed by atoms with Crippen molar-refractivity contribution in [2.75, 3.05) is 12.8 Å². The van der Waals surface area contributed by atoms with Crippen LogP contribution in [0.25, 0.3) is 10.9 Å². The third-order valence-corrected chi connectivity index (χ3v) is 7.22. The molecule has 1 N–H and O–H groups in total. The van der Waals surface area contributed by atoms with Gasteiger partial charge < -0.3 is 4.57 Å². The van der Waals surface area contributed by atoms with Gasteiger partial charge in [0.15, 0.2) is 5.78 Å². The predicted molar refractivity (Wildman–Crippen MR) is 126 cm³/mol. The van der Waals surface area contributed by atoms with Crippen LogP contribution >= 0.6 is 15.9 Å². The van der Waals surface area contributed by atoms with E-state index in [0.29, 0.717) is 29.6 Å². The minimum Gasteiger partial charge on any atom is -0.343 e. The van der Waals surface area contributed by atoms with Gasteiger partial charge >= 0.3 is 6.18 Å². The summed E-state index contributed by atoms with van der Waals surface area (Å²) in [5.41, 5.74) is 1.82. The van der Waals surface area contributed by atoms with E-state index in [1.165, 1.54) is 18.2 Å². The SMILES string of the molecule is Cc1ccc2c(C(=O)Cc3ccccc3C(F)(F)F)c(C)n(CCCNS(C)(=O)=O)c2c1Br. The van der Waals surface area contributed by atoms with Crippen LogP contribution in [-0.2, 0) is 29.2 Å². The molecule has 33 heavy (non-hydrogen) atoms. The highest BCUT2D eigenvalue weighted by molar-refractivity contribution is 9.10. The first-order valence-corrected chi connectivity index (χ1v) is 12.9. The molecule has 3 aromatic rings. The Morgan fingerprint density at radius 2 is 1.79 bits per heavy atom. The molecule has 5 nitrogen and oxygen atoms in total. The summed E-state index contributed by atoms with van der Waals surface area (Å²) in [6.45, 7) is 4.32. The Morgan fingerprint density at radius 3 is 2.42 bits per heavy atom. The fourth-order valence-electron chi connectivity index (χ4n) is 3.97. The van der Waals surface area contributed by atoms with Crippen LogP contribution in [0.4, 0.5) is 13.2 Å². The monoisotopic (exact) mass is 544 g/mol. The van der Waals surface area contributed by atoms with Gasteiger partial charge in [-0.3, -0.25) is 4.79 Å². The van der Waals surface area contributed by atoms with Crippen LogP contribution in [0.15, 0.2) is 40.9 Å². The average molecular weight is 545 g/mol. The molecule has 0 radical (unpaired) electrons. The molecule has 1 aromatic heterocycles. The van der Waals surface area contributed by atoms with Gasteiger partial charge in [-0.15, -0.1) is 0 Å². The van der Waals surface area contributed by atoms with Crippen LogP contribution in [0.1, 0.15) is 39.2 Å². The van der Waals surface area contributed by atoms with Crippen molar-refractivity contribution in [1.82, 2.24) is 9.29 Å². The fraction of sp³-hybridized carbons (Fsp3) is 0.348. The van der Waals surface area contributed by atoms with Crippen molar-refractivity contribution in [3.8, 4) is 0 Å². The highest BCUT2D eigenvalue weighted by atomic mass is 79.9. The van der Waals surface area contributed by atoms with Gasteiger partial charge in [0, 0.05) is 40.6 Å². The molecule has 2 aromatic carbocycles. The van der Waals surface area contributed by atoms with Crippen molar-refractivity contribution in [3.63, 3.8) is 0 Å². The molecule has 178 valence electrons. The Hall–Kier alpha value is -2.17. The molecule has 0 saturated heterocycles. The zero-order chi connectivity index (χ0) is 24.6. The van der Waals surface area contributed by atoms with Gasteiger partial charge in [-0.2, -0.15) is 13.2 Å². The number of aryl methyl sites for hydroxylation is 2. The van der Waals surface area contributed by atoms with E-state index in [-0.39, 0.29) is 18.5 Å². The molecule has 0 unspecified atom stereocenters. The lowest BCUT2D eigenvalue weighted by molar-refractivity contribution is -0.138. The highest BCUT2D eigenvalue weighted by Crippen LogP contribution is 2.36. The number of aromatic nitrogens is 1. The first-order valence-electron chi connectivity index (χ1n) is 10.2. The predicted octanol–water partition coefficient (Wildman–Crippen LogP) is 5.40. The van der Waals surface area contributed by atoms with Gasteiger partial charge in [0.2, 0.25) is 10.0 Å². The molecule has 0 aliphatic carbocycles. The van der Waals surface area contributed by atoms with Gasteiger partial charge in [-0.05, 0) is 53.4 Å². The number of hydrogen-bond donors (Lipinski definition) is 1. The third kappa shape index (κ3) is 5.67. The lowest BCUT2D eigenvalue weighted by Gasteiger charge is -2.12. The minimum atomic E-state index is -4.55. The van der Waals surface area contributed by atoms with Gasteiger partial charge in [0.25, 0.3) is 0 Å². The summed E-state index contributed by atoms with van der Waals surface area (Å²) in [6.07, 6.45) is -3.37. The molecule has 1 heterocycles. The second kappa shape index (κ2) is 9.60. The number of carbonyl (C=O) groups is 1. The molecule has 0 aliphatic heterocycles. The number of benzene rings is 2. The molecular formula is C23H24BrF3N2O3S. The van der Waals surface area contributed by atoms with E-state index in [4.69, 9.17) is 0 Å². The Kier molecular flexibility index (Phi) is 7.40. The molecule has 0 fully saturated rings. The first-order chi connectivity index (χ1) is 15.3. The second-order valence-electron chi connectivity index (χ2n) is 7.98. The maximum atomic E-state index is 13.4. The van der Waals surface area contributed by atoms with Gasteiger partial charge in [-0.1, -0.05) is 30.3 Å². The quantitative estimate of drug-likeness (QED) is 0.304. The number of hydrogen-bond acceptors (Lipinski definition) is 3. The number of nitrogens with zero attached hydrogens (tertiary/aromatic N) is 1. The van der Waals surface area contributed by atoms with Crippen molar-refractivity contribution in [2.24, 2.45) is 0 Å². The smallest absolute Gasteiger partial charge is 0.343 e. The van der Waals surface area contributed by atoms with E-state index >= 15 is 0 Å². The summed E-state index contributed by atoms with van der Waals surface area (Å²) >= 11 is 3.58. The van der Waals surface area contributed by atoms with Crippen molar-refractivity contribution in [1.29, 1.82) is 0 Å². The molecule has 0 amide bonds. The summed E-state index contributed by atoms with van der Waals surface area (Å²) in [5, 5.41) is 0.649. The number of halogens is 4. The maximum absolute atomic E-state index is 13.4. The molecule has 0 spiro atoms. The van der Waals surface area contributed by atoms with Crippen LogP contribution < -0.4 is 4.72 Å². The maximum Gasteiger partial charge on any atom is 0.416 e. The summed E-state index contributed by atoms with van der Waals surface area (Å²) < 4.78 is 68.1. The number of carbonyl (C=O) groups excluding carboxylic acids is 1. The van der Waals surface area contributed by atoms with E-state index < -0.39 is 27.5 Å². The van der Waals surface area contributed by atoms with Crippen molar-refractivity contribution in [2.45, 2.75) is 39.4 Å². The highest BCUT2D eigenvalue weighted by Gasteiger charge is 2.34. The van der Waals surface area contributed by atoms with E-state index in [0.717, 1.165) is 27.9 Å². The van der Waals surface area contributed by atoms with E-state index in [1.54, 1.807) is 13.0 Å². The third-order valence-electron chi connectivity index (χ3n) is 5.49. The van der Waals surface area contributed by atoms with Gasteiger partial charge in [0.05, 0.1) is 17.3 Å². The van der Waals surface area contributed by atoms with E-state index in [1.807, 2.05) is 17.6 Å². The number of fused-ring (bicyclic) bond motifs is 1. The number of nitrogens with one attached hydrogen (secondary N) is 1. The molecule has 0 atom stereocenters. The van der Waals surface area contributed by atoms with Gasteiger partial charge in [-0.25, -0.2) is 13.1 Å². The molecule has 0 aliphatic rings.